The second kappa shape index (κ2) is 6.56. The number of benzene rings is 2. The van der Waals surface area contributed by atoms with Crippen LogP contribution in [0.1, 0.15) is 27.6 Å². The van der Waals surface area contributed by atoms with Crippen LogP contribution in [0.2, 0.25) is 0 Å². The molecule has 0 spiro atoms. The Kier molecular flexibility index (Phi) is 4.56. The van der Waals surface area contributed by atoms with Gasteiger partial charge in [0.05, 0.1) is 17.7 Å². The van der Waals surface area contributed by atoms with Crippen LogP contribution in [0.15, 0.2) is 48.5 Å². The fraction of sp³-hybridized carbons (Fsp3) is 0.125. The number of hydrogen-bond acceptors (Lipinski definition) is 4. The number of esters is 1. The van der Waals surface area contributed by atoms with Crippen LogP contribution in [0.25, 0.3) is 0 Å². The molecular formula is C16H14O5. The van der Waals surface area contributed by atoms with Crippen molar-refractivity contribution in [2.75, 3.05) is 6.61 Å². The molecule has 0 aliphatic rings. The third-order valence-corrected chi connectivity index (χ3v) is 2.69. The molecule has 108 valence electrons. The van der Waals surface area contributed by atoms with E-state index in [0.717, 1.165) is 0 Å². The summed E-state index contributed by atoms with van der Waals surface area (Å²) in [5, 5.41) is 8.89. The van der Waals surface area contributed by atoms with Crippen LogP contribution in [0.5, 0.6) is 11.5 Å². The quantitative estimate of drug-likeness (QED) is 0.675. The smallest absolute Gasteiger partial charge is 0.343 e. The SMILES string of the molecule is CCOc1ccc(C(=O)Oc2cccc(C(=O)O)c2)cc1. The summed E-state index contributed by atoms with van der Waals surface area (Å²) in [7, 11) is 0. The zero-order valence-electron chi connectivity index (χ0n) is 11.4. The Bertz CT molecular complexity index is 646. The van der Waals surface area contributed by atoms with Crippen molar-refractivity contribution >= 4 is 11.9 Å². The molecule has 0 saturated carbocycles. The predicted molar refractivity (Wildman–Crippen MR) is 76.0 cm³/mol. The lowest BCUT2D eigenvalue weighted by molar-refractivity contribution is 0.0687. The molecule has 0 saturated heterocycles. The molecule has 0 atom stereocenters. The Morgan fingerprint density at radius 3 is 2.33 bits per heavy atom. The number of carboxylic acid groups (broad SMARTS) is 1. The van der Waals surface area contributed by atoms with Gasteiger partial charge in [-0.1, -0.05) is 6.07 Å². The molecule has 5 nitrogen and oxygen atoms in total. The molecule has 5 heteroatoms. The molecule has 2 rings (SSSR count). The van der Waals surface area contributed by atoms with Crippen molar-refractivity contribution in [3.05, 3.63) is 59.7 Å². The summed E-state index contributed by atoms with van der Waals surface area (Å²) in [6.45, 7) is 2.42. The van der Waals surface area contributed by atoms with E-state index in [1.807, 2.05) is 6.92 Å². The van der Waals surface area contributed by atoms with Crippen molar-refractivity contribution in [2.24, 2.45) is 0 Å². The minimum Gasteiger partial charge on any atom is -0.494 e. The van der Waals surface area contributed by atoms with Crippen molar-refractivity contribution in [2.45, 2.75) is 6.92 Å². The van der Waals surface area contributed by atoms with Crippen LogP contribution in [0.4, 0.5) is 0 Å². The molecule has 21 heavy (non-hydrogen) atoms. The molecule has 0 bridgehead atoms. The molecule has 0 aromatic heterocycles. The number of hydrogen-bond donors (Lipinski definition) is 1. The van der Waals surface area contributed by atoms with Gasteiger partial charge in [0.1, 0.15) is 11.5 Å². The number of carboxylic acids is 1. The van der Waals surface area contributed by atoms with Gasteiger partial charge in [0.2, 0.25) is 0 Å². The van der Waals surface area contributed by atoms with Gasteiger partial charge >= 0.3 is 11.9 Å². The Hall–Kier alpha value is -2.82. The lowest BCUT2D eigenvalue weighted by Gasteiger charge is -2.06. The maximum Gasteiger partial charge on any atom is 0.343 e. The molecule has 0 heterocycles. The van der Waals surface area contributed by atoms with Gasteiger partial charge in [-0.2, -0.15) is 0 Å². The maximum atomic E-state index is 12.0. The summed E-state index contributed by atoms with van der Waals surface area (Å²) in [5.41, 5.74) is 0.422. The van der Waals surface area contributed by atoms with Crippen LogP contribution in [-0.2, 0) is 0 Å². The first-order valence-corrected chi connectivity index (χ1v) is 6.38. The Morgan fingerprint density at radius 1 is 1.00 bits per heavy atom. The first-order chi connectivity index (χ1) is 10.1. The van der Waals surface area contributed by atoms with Crippen LogP contribution >= 0.6 is 0 Å². The monoisotopic (exact) mass is 286 g/mol. The van der Waals surface area contributed by atoms with E-state index in [0.29, 0.717) is 17.9 Å². The van der Waals surface area contributed by atoms with Crippen LogP contribution in [-0.4, -0.2) is 23.7 Å². The first-order valence-electron chi connectivity index (χ1n) is 6.38. The highest BCUT2D eigenvalue weighted by molar-refractivity contribution is 5.92. The van der Waals surface area contributed by atoms with Gasteiger partial charge in [0.15, 0.2) is 0 Å². The molecule has 2 aromatic rings. The van der Waals surface area contributed by atoms with Gasteiger partial charge in [-0.25, -0.2) is 9.59 Å². The predicted octanol–water partition coefficient (Wildman–Crippen LogP) is 3.00. The summed E-state index contributed by atoms with van der Waals surface area (Å²) < 4.78 is 10.4. The van der Waals surface area contributed by atoms with Gasteiger partial charge in [-0.3, -0.25) is 0 Å². The van der Waals surface area contributed by atoms with Gasteiger partial charge in [-0.15, -0.1) is 0 Å². The highest BCUT2D eigenvalue weighted by Crippen LogP contribution is 2.17. The molecule has 0 aliphatic carbocycles. The molecule has 2 aromatic carbocycles. The van der Waals surface area contributed by atoms with Crippen molar-refractivity contribution in [1.82, 2.24) is 0 Å². The molecule has 0 aliphatic heterocycles. The van der Waals surface area contributed by atoms with E-state index in [-0.39, 0.29) is 11.3 Å². The lowest BCUT2D eigenvalue weighted by atomic mass is 10.2. The fourth-order valence-electron chi connectivity index (χ4n) is 1.71. The minimum atomic E-state index is -1.08. The maximum absolute atomic E-state index is 12.0. The highest BCUT2D eigenvalue weighted by Gasteiger charge is 2.10. The normalized spacial score (nSPS) is 9.95. The third-order valence-electron chi connectivity index (χ3n) is 2.69. The Labute approximate surface area is 121 Å². The van der Waals surface area contributed by atoms with Gasteiger partial charge in [0, 0.05) is 0 Å². The van der Waals surface area contributed by atoms with E-state index in [4.69, 9.17) is 14.6 Å². The van der Waals surface area contributed by atoms with E-state index in [2.05, 4.69) is 0 Å². The van der Waals surface area contributed by atoms with E-state index in [1.54, 1.807) is 24.3 Å². The standard InChI is InChI=1S/C16H14O5/c1-2-20-13-8-6-11(7-9-13)16(19)21-14-5-3-4-12(10-14)15(17)18/h3-10H,2H2,1H3,(H,17,18). The Morgan fingerprint density at radius 2 is 1.71 bits per heavy atom. The number of carbonyl (C=O) groups excluding carboxylic acids is 1. The van der Waals surface area contributed by atoms with Crippen molar-refractivity contribution in [3.8, 4) is 11.5 Å². The average molecular weight is 286 g/mol. The molecule has 0 fully saturated rings. The van der Waals surface area contributed by atoms with Crippen LogP contribution in [0.3, 0.4) is 0 Å². The molecule has 0 amide bonds. The van der Waals surface area contributed by atoms with Crippen molar-refractivity contribution in [3.63, 3.8) is 0 Å². The number of aromatic carboxylic acids is 1. The van der Waals surface area contributed by atoms with Crippen LogP contribution in [0, 0.1) is 0 Å². The molecular weight excluding hydrogens is 272 g/mol. The summed E-state index contributed by atoms with van der Waals surface area (Å²) >= 11 is 0. The summed E-state index contributed by atoms with van der Waals surface area (Å²) in [5.74, 6) is -0.773. The lowest BCUT2D eigenvalue weighted by Crippen LogP contribution is -2.09. The summed E-state index contributed by atoms with van der Waals surface area (Å²) in [4.78, 5) is 22.8. The molecule has 0 unspecified atom stereocenters. The summed E-state index contributed by atoms with van der Waals surface area (Å²) in [6, 6.07) is 12.3. The van der Waals surface area contributed by atoms with Crippen molar-refractivity contribution in [1.29, 1.82) is 0 Å². The Balaban J connectivity index is 2.10. The van der Waals surface area contributed by atoms with E-state index in [1.165, 1.54) is 24.3 Å². The second-order valence-electron chi connectivity index (χ2n) is 4.18. The minimum absolute atomic E-state index is 0.0620. The zero-order valence-corrected chi connectivity index (χ0v) is 11.4. The summed E-state index contributed by atoms with van der Waals surface area (Å²) in [6.07, 6.45) is 0. The topological polar surface area (TPSA) is 72.8 Å². The third kappa shape index (κ3) is 3.82. The van der Waals surface area contributed by atoms with Crippen molar-refractivity contribution < 1.29 is 24.2 Å². The van der Waals surface area contributed by atoms with Crippen LogP contribution < -0.4 is 9.47 Å². The molecule has 0 radical (unpaired) electrons. The molecule has 1 N–H and O–H groups in total. The first kappa shape index (κ1) is 14.6. The second-order valence-corrected chi connectivity index (χ2v) is 4.18. The zero-order chi connectivity index (χ0) is 15.2. The van der Waals surface area contributed by atoms with E-state index in [9.17, 15) is 9.59 Å². The van der Waals surface area contributed by atoms with E-state index >= 15 is 0 Å². The number of ether oxygens (including phenoxy) is 2. The van der Waals surface area contributed by atoms with E-state index < -0.39 is 11.9 Å². The largest absolute Gasteiger partial charge is 0.494 e. The number of rotatable bonds is 5. The van der Waals surface area contributed by atoms with Gasteiger partial charge in [-0.05, 0) is 49.4 Å². The van der Waals surface area contributed by atoms with Gasteiger partial charge < -0.3 is 14.6 Å². The number of carbonyl (C=O) groups is 2. The van der Waals surface area contributed by atoms with Gasteiger partial charge in [0.25, 0.3) is 0 Å². The highest BCUT2D eigenvalue weighted by atomic mass is 16.5. The fourth-order valence-corrected chi connectivity index (χ4v) is 1.71. The average Bonchev–Trinajstić information content (AvgIpc) is 2.48.